The number of H-pyrrole nitrogens is 1. The predicted molar refractivity (Wildman–Crippen MR) is 77.8 cm³/mol. The Hall–Kier alpha value is -1.66. The second-order valence-corrected chi connectivity index (χ2v) is 6.55. The van der Waals surface area contributed by atoms with Crippen molar-refractivity contribution in [3.8, 4) is 0 Å². The van der Waals surface area contributed by atoms with Crippen molar-refractivity contribution in [2.24, 2.45) is 0 Å². The minimum absolute atomic E-state index is 0.204. The normalized spacial score (nSPS) is 13.3. The van der Waals surface area contributed by atoms with E-state index in [1.54, 1.807) is 18.3 Å². The molecule has 1 unspecified atom stereocenters. The first-order valence-corrected chi connectivity index (χ1v) is 8.08. The molecular formula is C14H19N3O2S. The van der Waals surface area contributed by atoms with Gasteiger partial charge in [0.15, 0.2) is 0 Å². The Morgan fingerprint density at radius 2 is 2.00 bits per heavy atom. The van der Waals surface area contributed by atoms with Crippen LogP contribution in [0, 0.1) is 0 Å². The molecule has 6 heteroatoms. The second-order valence-electron chi connectivity index (χ2n) is 4.78. The number of sulfonamides is 1. The SMILES string of the molecule is CCC(C)c1ccc(S(=O)(=O)NCc2cnc[nH]2)cc1. The van der Waals surface area contributed by atoms with E-state index in [0.29, 0.717) is 5.92 Å². The maximum Gasteiger partial charge on any atom is 0.240 e. The summed E-state index contributed by atoms with van der Waals surface area (Å²) in [6, 6.07) is 7.05. The van der Waals surface area contributed by atoms with E-state index >= 15 is 0 Å². The van der Waals surface area contributed by atoms with Crippen LogP contribution in [0.4, 0.5) is 0 Å². The average molecular weight is 293 g/mol. The van der Waals surface area contributed by atoms with Crippen molar-refractivity contribution < 1.29 is 8.42 Å². The van der Waals surface area contributed by atoms with Crippen LogP contribution in [0.25, 0.3) is 0 Å². The van der Waals surface area contributed by atoms with Gasteiger partial charge in [-0.25, -0.2) is 18.1 Å². The third kappa shape index (κ3) is 3.46. The zero-order valence-electron chi connectivity index (χ0n) is 11.6. The molecule has 0 aliphatic rings. The zero-order valence-corrected chi connectivity index (χ0v) is 12.4. The topological polar surface area (TPSA) is 74.8 Å². The first-order chi connectivity index (χ1) is 9.53. The van der Waals surface area contributed by atoms with Gasteiger partial charge in [-0.3, -0.25) is 0 Å². The Morgan fingerprint density at radius 1 is 1.30 bits per heavy atom. The number of nitrogens with one attached hydrogen (secondary N) is 2. The second kappa shape index (κ2) is 6.19. The Kier molecular flexibility index (Phi) is 4.57. The summed E-state index contributed by atoms with van der Waals surface area (Å²) >= 11 is 0. The van der Waals surface area contributed by atoms with E-state index in [9.17, 15) is 8.42 Å². The van der Waals surface area contributed by atoms with E-state index in [1.165, 1.54) is 6.33 Å². The van der Waals surface area contributed by atoms with Crippen LogP contribution in [0.15, 0.2) is 41.7 Å². The number of hydrogen-bond acceptors (Lipinski definition) is 3. The van der Waals surface area contributed by atoms with Crippen molar-refractivity contribution in [1.29, 1.82) is 0 Å². The number of benzene rings is 1. The third-order valence-corrected chi connectivity index (χ3v) is 4.80. The Bertz CT molecular complexity index is 634. The summed E-state index contributed by atoms with van der Waals surface area (Å²) in [4.78, 5) is 6.98. The molecule has 1 aromatic heterocycles. The summed E-state index contributed by atoms with van der Waals surface area (Å²) in [5.41, 5.74) is 1.88. The van der Waals surface area contributed by atoms with Gasteiger partial charge in [-0.15, -0.1) is 0 Å². The molecule has 1 heterocycles. The van der Waals surface area contributed by atoms with Crippen LogP contribution in [-0.2, 0) is 16.6 Å². The van der Waals surface area contributed by atoms with Gasteiger partial charge in [0.05, 0.1) is 17.8 Å². The van der Waals surface area contributed by atoms with Crippen molar-refractivity contribution in [2.75, 3.05) is 0 Å². The van der Waals surface area contributed by atoms with Gasteiger partial charge in [0.2, 0.25) is 10.0 Å². The van der Waals surface area contributed by atoms with Crippen molar-refractivity contribution >= 4 is 10.0 Å². The summed E-state index contributed by atoms with van der Waals surface area (Å²) in [5, 5.41) is 0. The van der Waals surface area contributed by atoms with Gasteiger partial charge in [0.25, 0.3) is 0 Å². The number of nitrogens with zero attached hydrogens (tertiary/aromatic N) is 1. The molecular weight excluding hydrogens is 274 g/mol. The number of rotatable bonds is 6. The molecule has 0 bridgehead atoms. The molecule has 0 saturated carbocycles. The lowest BCUT2D eigenvalue weighted by Crippen LogP contribution is -2.23. The number of hydrogen-bond donors (Lipinski definition) is 2. The van der Waals surface area contributed by atoms with Crippen molar-refractivity contribution in [2.45, 2.75) is 37.6 Å². The van der Waals surface area contributed by atoms with E-state index in [2.05, 4.69) is 28.5 Å². The predicted octanol–water partition coefficient (Wildman–Crippen LogP) is 2.40. The first-order valence-electron chi connectivity index (χ1n) is 6.60. The van der Waals surface area contributed by atoms with Crippen molar-refractivity contribution in [3.05, 3.63) is 48.0 Å². The number of aromatic nitrogens is 2. The van der Waals surface area contributed by atoms with Crippen molar-refractivity contribution in [1.82, 2.24) is 14.7 Å². The highest BCUT2D eigenvalue weighted by molar-refractivity contribution is 7.89. The molecule has 2 rings (SSSR count). The van der Waals surface area contributed by atoms with Gasteiger partial charge >= 0.3 is 0 Å². The number of aromatic amines is 1. The molecule has 2 N–H and O–H groups in total. The lowest BCUT2D eigenvalue weighted by atomic mass is 9.99. The minimum atomic E-state index is -3.48. The van der Waals surface area contributed by atoms with E-state index < -0.39 is 10.0 Å². The van der Waals surface area contributed by atoms with E-state index in [0.717, 1.165) is 17.7 Å². The summed E-state index contributed by atoms with van der Waals surface area (Å²) in [5.74, 6) is 0.435. The summed E-state index contributed by atoms with van der Waals surface area (Å²) < 4.78 is 26.8. The molecule has 1 atom stereocenters. The highest BCUT2D eigenvalue weighted by Gasteiger charge is 2.14. The van der Waals surface area contributed by atoms with Crippen LogP contribution >= 0.6 is 0 Å². The smallest absolute Gasteiger partial charge is 0.240 e. The van der Waals surface area contributed by atoms with Crippen molar-refractivity contribution in [3.63, 3.8) is 0 Å². The standard InChI is InChI=1S/C14H19N3O2S/c1-3-11(2)12-4-6-14(7-5-12)20(18,19)17-9-13-8-15-10-16-13/h4-8,10-11,17H,3,9H2,1-2H3,(H,15,16). The molecule has 0 amide bonds. The first kappa shape index (κ1) is 14.7. The summed E-state index contributed by atoms with van der Waals surface area (Å²) in [7, 11) is -3.48. The fraction of sp³-hybridized carbons (Fsp3) is 0.357. The van der Waals surface area contributed by atoms with Gasteiger partial charge in [0, 0.05) is 11.9 Å². The fourth-order valence-corrected chi connectivity index (χ4v) is 2.86. The van der Waals surface area contributed by atoms with E-state index in [1.807, 2.05) is 12.1 Å². The Balaban J connectivity index is 2.09. The monoisotopic (exact) mass is 293 g/mol. The van der Waals surface area contributed by atoms with Gasteiger partial charge in [0.1, 0.15) is 0 Å². The van der Waals surface area contributed by atoms with Crippen LogP contribution in [0.1, 0.15) is 37.4 Å². The molecule has 20 heavy (non-hydrogen) atoms. The summed E-state index contributed by atoms with van der Waals surface area (Å²) in [6.45, 7) is 4.44. The van der Waals surface area contributed by atoms with Crippen LogP contribution in [0.3, 0.4) is 0 Å². The highest BCUT2D eigenvalue weighted by Crippen LogP contribution is 2.20. The molecule has 2 aromatic rings. The van der Waals surface area contributed by atoms with Crippen LogP contribution in [0.2, 0.25) is 0 Å². The molecule has 0 aliphatic heterocycles. The minimum Gasteiger partial charge on any atom is -0.347 e. The quantitative estimate of drug-likeness (QED) is 0.858. The zero-order chi connectivity index (χ0) is 14.6. The Labute approximate surface area is 119 Å². The van der Waals surface area contributed by atoms with Crippen LogP contribution < -0.4 is 4.72 Å². The molecule has 0 radical (unpaired) electrons. The number of imidazole rings is 1. The Morgan fingerprint density at radius 3 is 2.55 bits per heavy atom. The van der Waals surface area contributed by atoms with Crippen LogP contribution in [-0.4, -0.2) is 18.4 Å². The van der Waals surface area contributed by atoms with Gasteiger partial charge in [-0.1, -0.05) is 26.0 Å². The largest absolute Gasteiger partial charge is 0.347 e. The lowest BCUT2D eigenvalue weighted by Gasteiger charge is -2.10. The molecule has 5 nitrogen and oxygen atoms in total. The molecule has 0 fully saturated rings. The molecule has 1 aromatic carbocycles. The maximum atomic E-state index is 12.1. The molecule has 0 saturated heterocycles. The van der Waals surface area contributed by atoms with Gasteiger partial charge in [-0.05, 0) is 30.0 Å². The molecule has 0 spiro atoms. The fourth-order valence-electron chi connectivity index (χ4n) is 1.85. The van der Waals surface area contributed by atoms with E-state index in [4.69, 9.17) is 0 Å². The highest BCUT2D eigenvalue weighted by atomic mass is 32.2. The van der Waals surface area contributed by atoms with Crippen LogP contribution in [0.5, 0.6) is 0 Å². The average Bonchev–Trinajstić information content (AvgIpc) is 2.98. The molecule has 0 aliphatic carbocycles. The summed E-state index contributed by atoms with van der Waals surface area (Å²) in [6.07, 6.45) is 4.14. The molecule has 108 valence electrons. The maximum absolute atomic E-state index is 12.1. The lowest BCUT2D eigenvalue weighted by molar-refractivity contribution is 0.580. The third-order valence-electron chi connectivity index (χ3n) is 3.38. The van der Waals surface area contributed by atoms with Gasteiger partial charge in [-0.2, -0.15) is 0 Å². The van der Waals surface area contributed by atoms with Gasteiger partial charge < -0.3 is 4.98 Å². The van der Waals surface area contributed by atoms with E-state index in [-0.39, 0.29) is 11.4 Å².